The first-order chi connectivity index (χ1) is 8.84. The van der Waals surface area contributed by atoms with Crippen LogP contribution in [-0.4, -0.2) is 30.4 Å². The van der Waals surface area contributed by atoms with E-state index in [0.717, 1.165) is 11.4 Å². The number of rotatable bonds is 3. The van der Waals surface area contributed by atoms with Gasteiger partial charge in [-0.3, -0.25) is 0 Å². The number of nitrogens with one attached hydrogen (secondary N) is 1. The molecule has 0 bridgehead atoms. The van der Waals surface area contributed by atoms with Crippen LogP contribution in [0.5, 0.6) is 0 Å². The Bertz CT molecular complexity index is 453. The minimum absolute atomic E-state index is 0.295. The summed E-state index contributed by atoms with van der Waals surface area (Å²) in [6, 6.07) is 3.94. The van der Waals surface area contributed by atoms with Crippen LogP contribution in [0.15, 0.2) is 24.3 Å². The van der Waals surface area contributed by atoms with E-state index in [0.29, 0.717) is 0 Å². The van der Waals surface area contributed by atoms with E-state index in [-0.39, 0.29) is 18.3 Å². The molecule has 1 saturated heterocycles. The van der Waals surface area contributed by atoms with Crippen LogP contribution >= 0.6 is 0 Å². The minimum Gasteiger partial charge on any atom is -0.400 e. The van der Waals surface area contributed by atoms with Gasteiger partial charge in [-0.1, -0.05) is 12.1 Å². The summed E-state index contributed by atoms with van der Waals surface area (Å²) < 4.78 is 11.8. The summed E-state index contributed by atoms with van der Waals surface area (Å²) in [6.07, 6.45) is 3.78. The van der Waals surface area contributed by atoms with Crippen LogP contribution in [0.4, 0.5) is 5.82 Å². The predicted molar refractivity (Wildman–Crippen MR) is 78.9 cm³/mol. The highest BCUT2D eigenvalue weighted by Gasteiger charge is 2.49. The zero-order valence-corrected chi connectivity index (χ0v) is 12.2. The van der Waals surface area contributed by atoms with Crippen molar-refractivity contribution in [3.05, 3.63) is 29.9 Å². The first-order valence-corrected chi connectivity index (χ1v) is 6.52. The number of hydrogen-bond acceptors (Lipinski definition) is 4. The average Bonchev–Trinajstić information content (AvgIpc) is 2.56. The van der Waals surface area contributed by atoms with E-state index in [2.05, 4.69) is 10.3 Å². The maximum Gasteiger partial charge on any atom is 0.487 e. The third kappa shape index (κ3) is 2.99. The first kappa shape index (κ1) is 14.1. The summed E-state index contributed by atoms with van der Waals surface area (Å²) in [7, 11) is 1.54. The van der Waals surface area contributed by atoms with Crippen molar-refractivity contribution in [1.82, 2.24) is 4.98 Å². The molecule has 0 amide bonds. The van der Waals surface area contributed by atoms with Gasteiger partial charge in [-0.2, -0.15) is 0 Å². The lowest BCUT2D eigenvalue weighted by molar-refractivity contribution is 0.00578. The highest BCUT2D eigenvalue weighted by molar-refractivity contribution is 6.52. The normalized spacial score (nSPS) is 21.0. The Hall–Kier alpha value is -1.33. The second-order valence-corrected chi connectivity index (χ2v) is 5.71. The summed E-state index contributed by atoms with van der Waals surface area (Å²) in [5, 5.41) is 2.99. The van der Waals surface area contributed by atoms with Gasteiger partial charge in [0, 0.05) is 13.2 Å². The van der Waals surface area contributed by atoms with E-state index in [1.54, 1.807) is 0 Å². The summed E-state index contributed by atoms with van der Waals surface area (Å²) in [5.74, 6) is 2.78. The molecule has 2 heterocycles. The maximum absolute atomic E-state index is 5.89. The van der Waals surface area contributed by atoms with Gasteiger partial charge in [0.25, 0.3) is 0 Å². The number of hydrogen-bond donors (Lipinski definition) is 1. The molecule has 1 aromatic rings. The van der Waals surface area contributed by atoms with Crippen LogP contribution < -0.4 is 5.32 Å². The quantitative estimate of drug-likeness (QED) is 0.848. The largest absolute Gasteiger partial charge is 0.487 e. The highest BCUT2D eigenvalue weighted by atomic mass is 16.7. The van der Waals surface area contributed by atoms with Gasteiger partial charge >= 0.3 is 7.12 Å². The molecule has 0 aliphatic carbocycles. The van der Waals surface area contributed by atoms with Crippen LogP contribution in [-0.2, 0) is 9.31 Å². The van der Waals surface area contributed by atoms with Crippen molar-refractivity contribution in [1.29, 1.82) is 0 Å². The Morgan fingerprint density at radius 2 is 1.79 bits per heavy atom. The topological polar surface area (TPSA) is 43.4 Å². The van der Waals surface area contributed by atoms with Gasteiger partial charge in [0.2, 0.25) is 0 Å². The lowest BCUT2D eigenvalue weighted by Crippen LogP contribution is -2.41. The Labute approximate surface area is 115 Å². The van der Waals surface area contributed by atoms with Crippen LogP contribution in [0.25, 0.3) is 6.08 Å². The summed E-state index contributed by atoms with van der Waals surface area (Å²) in [6.45, 7) is 8.18. The molecule has 0 unspecified atom stereocenters. The second kappa shape index (κ2) is 4.98. The number of aromatic nitrogens is 1. The van der Waals surface area contributed by atoms with Gasteiger partial charge in [0.05, 0.1) is 11.2 Å². The molecule has 1 aliphatic rings. The number of nitrogens with zero attached hydrogens (tertiary/aromatic N) is 1. The zero-order valence-electron chi connectivity index (χ0n) is 12.2. The highest BCUT2D eigenvalue weighted by Crippen LogP contribution is 2.36. The van der Waals surface area contributed by atoms with Crippen molar-refractivity contribution < 1.29 is 9.31 Å². The fourth-order valence-corrected chi connectivity index (χ4v) is 1.81. The fraction of sp³-hybridized carbons (Fsp3) is 0.500. The number of anilines is 1. The van der Waals surface area contributed by atoms with Gasteiger partial charge in [-0.15, -0.1) is 0 Å². The lowest BCUT2D eigenvalue weighted by Gasteiger charge is -2.32. The van der Waals surface area contributed by atoms with E-state index in [4.69, 9.17) is 9.31 Å². The molecule has 102 valence electrons. The van der Waals surface area contributed by atoms with Gasteiger partial charge in [0.15, 0.2) is 0 Å². The summed E-state index contributed by atoms with van der Waals surface area (Å²) in [5.41, 5.74) is 0.431. The van der Waals surface area contributed by atoms with E-state index < -0.39 is 0 Å². The van der Waals surface area contributed by atoms with Crippen molar-refractivity contribution in [2.75, 3.05) is 12.4 Å². The Balaban J connectivity index is 2.04. The van der Waals surface area contributed by atoms with E-state index >= 15 is 0 Å². The molecule has 1 aliphatic heterocycles. The minimum atomic E-state index is -0.311. The Morgan fingerprint density at radius 3 is 2.26 bits per heavy atom. The average molecular weight is 260 g/mol. The molecule has 0 atom stereocenters. The second-order valence-electron chi connectivity index (χ2n) is 5.71. The molecule has 1 N–H and O–H groups in total. The smallest absolute Gasteiger partial charge is 0.400 e. The molecule has 0 radical (unpaired) electrons. The van der Waals surface area contributed by atoms with Gasteiger partial charge < -0.3 is 14.6 Å². The van der Waals surface area contributed by atoms with Gasteiger partial charge in [0.1, 0.15) is 5.82 Å². The molecule has 0 spiro atoms. The molecule has 0 saturated carbocycles. The van der Waals surface area contributed by atoms with Gasteiger partial charge in [-0.25, -0.2) is 4.98 Å². The molecule has 5 heteroatoms. The monoisotopic (exact) mass is 260 g/mol. The fourth-order valence-electron chi connectivity index (χ4n) is 1.81. The molecule has 19 heavy (non-hydrogen) atoms. The SMILES string of the molecule is CNc1ccc(/C=C/B2OC(C)(C)C(C)(C)O2)cn1. The van der Waals surface area contributed by atoms with Crippen LogP contribution in [0, 0.1) is 0 Å². The maximum atomic E-state index is 5.89. The van der Waals surface area contributed by atoms with Gasteiger partial charge in [-0.05, 0) is 45.4 Å². The summed E-state index contributed by atoms with van der Waals surface area (Å²) >= 11 is 0. The number of pyridine rings is 1. The van der Waals surface area contributed by atoms with Crippen LogP contribution in [0.3, 0.4) is 0 Å². The molecule has 2 rings (SSSR count). The van der Waals surface area contributed by atoms with Crippen molar-refractivity contribution >= 4 is 19.0 Å². The van der Waals surface area contributed by atoms with Crippen molar-refractivity contribution in [2.45, 2.75) is 38.9 Å². The van der Waals surface area contributed by atoms with Crippen LogP contribution in [0.1, 0.15) is 33.3 Å². The molecule has 1 aromatic heterocycles. The molecular formula is C14H21BN2O2. The van der Waals surface area contributed by atoms with Crippen LogP contribution in [0.2, 0.25) is 0 Å². The standard InChI is InChI=1S/C14H21BN2O2/c1-13(2)14(3,4)19-15(18-13)9-8-11-6-7-12(16-5)17-10-11/h6-10H,1-5H3,(H,16,17)/b9-8+. The zero-order chi connectivity index (χ0) is 14.1. The Kier molecular flexibility index (Phi) is 3.70. The third-order valence-corrected chi connectivity index (χ3v) is 3.76. The predicted octanol–water partition coefficient (Wildman–Crippen LogP) is 2.77. The molecular weight excluding hydrogens is 239 g/mol. The Morgan fingerprint density at radius 1 is 1.16 bits per heavy atom. The molecule has 4 nitrogen and oxygen atoms in total. The third-order valence-electron chi connectivity index (χ3n) is 3.76. The summed E-state index contributed by atoms with van der Waals surface area (Å²) in [4.78, 5) is 4.26. The van der Waals surface area contributed by atoms with E-state index in [1.807, 2.05) is 65.1 Å². The molecule has 0 aromatic carbocycles. The lowest BCUT2D eigenvalue weighted by atomic mass is 9.89. The van der Waals surface area contributed by atoms with Crippen molar-refractivity contribution in [3.63, 3.8) is 0 Å². The van der Waals surface area contributed by atoms with E-state index in [1.165, 1.54) is 0 Å². The van der Waals surface area contributed by atoms with Crippen molar-refractivity contribution in [2.24, 2.45) is 0 Å². The van der Waals surface area contributed by atoms with Crippen molar-refractivity contribution in [3.8, 4) is 0 Å². The molecule has 1 fully saturated rings. The van der Waals surface area contributed by atoms with E-state index in [9.17, 15) is 0 Å². The first-order valence-electron chi connectivity index (χ1n) is 6.52.